The highest BCUT2D eigenvalue weighted by molar-refractivity contribution is 6.34. The van der Waals surface area contributed by atoms with Crippen LogP contribution in [-0.2, 0) is 5.41 Å². The molecule has 2 heterocycles. The molecule has 3 N–H and O–H groups in total. The second-order valence-corrected chi connectivity index (χ2v) is 10.3. The Morgan fingerprint density at radius 1 is 0.975 bits per heavy atom. The maximum atomic E-state index is 14.0. The van der Waals surface area contributed by atoms with Gasteiger partial charge in [-0.1, -0.05) is 32.4 Å². The summed E-state index contributed by atoms with van der Waals surface area (Å²) in [5.74, 6) is -0.934. The van der Waals surface area contributed by atoms with Crippen molar-refractivity contribution in [2.45, 2.75) is 33.1 Å². The van der Waals surface area contributed by atoms with Gasteiger partial charge in [0.1, 0.15) is 34.6 Å². The van der Waals surface area contributed by atoms with E-state index in [2.05, 4.69) is 26.0 Å². The van der Waals surface area contributed by atoms with Gasteiger partial charge in [0.2, 0.25) is 0 Å². The van der Waals surface area contributed by atoms with E-state index in [1.807, 2.05) is 20.8 Å². The lowest BCUT2D eigenvalue weighted by Crippen LogP contribution is -2.22. The Morgan fingerprint density at radius 3 is 2.27 bits per heavy atom. The van der Waals surface area contributed by atoms with Crippen LogP contribution in [0.15, 0.2) is 54.7 Å². The first kappa shape index (κ1) is 28.5. The molecule has 2 aromatic heterocycles. The number of hydrogen-bond donors (Lipinski definition) is 3. The minimum absolute atomic E-state index is 0.113. The molecule has 2 aromatic carbocycles. The lowest BCUT2D eigenvalue weighted by Gasteiger charge is -2.16. The summed E-state index contributed by atoms with van der Waals surface area (Å²) in [5.41, 5.74) is 1.44. The summed E-state index contributed by atoms with van der Waals surface area (Å²) in [7, 11) is 1.50. The molecule has 4 aromatic rings. The van der Waals surface area contributed by atoms with Crippen LogP contribution in [0, 0.1) is 18.6 Å². The quantitative estimate of drug-likeness (QED) is 0.243. The number of carbonyl (C=O) groups excluding carboxylic acids is 2. The van der Waals surface area contributed by atoms with E-state index in [9.17, 15) is 18.4 Å². The Bertz CT molecular complexity index is 1580. The second kappa shape index (κ2) is 11.3. The molecule has 9 nitrogen and oxygen atoms in total. The van der Waals surface area contributed by atoms with Crippen molar-refractivity contribution in [2.75, 3.05) is 17.7 Å². The van der Waals surface area contributed by atoms with Crippen molar-refractivity contribution >= 4 is 35.0 Å². The van der Waals surface area contributed by atoms with Crippen LogP contribution in [0.4, 0.5) is 25.1 Å². The van der Waals surface area contributed by atoms with Crippen molar-refractivity contribution in [3.05, 3.63) is 88.3 Å². The van der Waals surface area contributed by atoms with Crippen LogP contribution < -0.4 is 20.7 Å². The van der Waals surface area contributed by atoms with Crippen LogP contribution >= 0.6 is 11.6 Å². The summed E-state index contributed by atoms with van der Waals surface area (Å²) in [6.45, 7) is 7.59. The van der Waals surface area contributed by atoms with E-state index in [-0.39, 0.29) is 33.8 Å². The number of aromatic nitrogens is 3. The SMILES string of the molecule is CNC(=O)c1cc(Oc2ccc(NC(=O)Nc3c(C)c(C(C)(C)C)nn3-c3cc(F)cc(F)c3)c(Cl)c2)ccn1. The van der Waals surface area contributed by atoms with Crippen LogP contribution in [0.1, 0.15) is 42.5 Å². The van der Waals surface area contributed by atoms with E-state index >= 15 is 0 Å². The van der Waals surface area contributed by atoms with E-state index < -0.39 is 23.1 Å². The average Bonchev–Trinajstić information content (AvgIpc) is 3.21. The third-order valence-corrected chi connectivity index (χ3v) is 6.08. The van der Waals surface area contributed by atoms with E-state index in [0.29, 0.717) is 22.8 Å². The summed E-state index contributed by atoms with van der Waals surface area (Å²) < 4.78 is 35.1. The number of benzene rings is 2. The van der Waals surface area contributed by atoms with Gasteiger partial charge in [-0.2, -0.15) is 5.10 Å². The van der Waals surface area contributed by atoms with Crippen LogP contribution in [-0.4, -0.2) is 33.8 Å². The normalized spacial score (nSPS) is 11.2. The molecule has 12 heteroatoms. The minimum Gasteiger partial charge on any atom is -0.457 e. The summed E-state index contributed by atoms with van der Waals surface area (Å²) in [6, 6.07) is 10.1. The average molecular weight is 569 g/mol. The first-order valence-corrected chi connectivity index (χ1v) is 12.5. The van der Waals surface area contributed by atoms with Gasteiger partial charge < -0.3 is 15.4 Å². The zero-order chi connectivity index (χ0) is 29.2. The van der Waals surface area contributed by atoms with Gasteiger partial charge >= 0.3 is 6.03 Å². The van der Waals surface area contributed by atoms with E-state index in [1.54, 1.807) is 25.1 Å². The fourth-order valence-corrected chi connectivity index (χ4v) is 4.21. The van der Waals surface area contributed by atoms with E-state index in [0.717, 1.165) is 18.2 Å². The molecule has 40 heavy (non-hydrogen) atoms. The van der Waals surface area contributed by atoms with Gasteiger partial charge in [-0.15, -0.1) is 0 Å². The van der Waals surface area contributed by atoms with Gasteiger partial charge in [-0.25, -0.2) is 18.3 Å². The zero-order valence-electron chi connectivity index (χ0n) is 22.4. The van der Waals surface area contributed by atoms with Crippen LogP contribution in [0.2, 0.25) is 5.02 Å². The van der Waals surface area contributed by atoms with E-state index in [4.69, 9.17) is 16.3 Å². The summed E-state index contributed by atoms with van der Waals surface area (Å²) in [4.78, 5) is 28.8. The number of urea groups is 1. The molecule has 0 bridgehead atoms. The van der Waals surface area contributed by atoms with Crippen molar-refractivity contribution in [3.8, 4) is 17.2 Å². The number of amides is 3. The summed E-state index contributed by atoms with van der Waals surface area (Å²) in [5, 5.41) is 12.6. The van der Waals surface area contributed by atoms with Crippen molar-refractivity contribution in [1.29, 1.82) is 0 Å². The summed E-state index contributed by atoms with van der Waals surface area (Å²) in [6.07, 6.45) is 1.44. The molecule has 0 spiro atoms. The van der Waals surface area contributed by atoms with Crippen LogP contribution in [0.5, 0.6) is 11.5 Å². The Labute approximate surface area is 234 Å². The topological polar surface area (TPSA) is 110 Å². The minimum atomic E-state index is -0.776. The first-order chi connectivity index (χ1) is 18.8. The Balaban J connectivity index is 1.56. The second-order valence-electron chi connectivity index (χ2n) is 9.89. The highest BCUT2D eigenvalue weighted by Crippen LogP contribution is 2.33. The smallest absolute Gasteiger partial charge is 0.324 e. The summed E-state index contributed by atoms with van der Waals surface area (Å²) >= 11 is 6.40. The van der Waals surface area contributed by atoms with Gasteiger partial charge in [-0.3, -0.25) is 15.1 Å². The lowest BCUT2D eigenvalue weighted by molar-refractivity contribution is 0.0957. The molecule has 4 rings (SSSR count). The molecule has 0 fully saturated rings. The number of nitrogens with one attached hydrogen (secondary N) is 3. The molecule has 0 radical (unpaired) electrons. The Hall–Kier alpha value is -4.51. The van der Waals surface area contributed by atoms with Crippen LogP contribution in [0.3, 0.4) is 0 Å². The molecule has 0 unspecified atom stereocenters. The highest BCUT2D eigenvalue weighted by atomic mass is 35.5. The van der Waals surface area contributed by atoms with Gasteiger partial charge in [0.15, 0.2) is 0 Å². The van der Waals surface area contributed by atoms with Gasteiger partial charge in [0.25, 0.3) is 5.91 Å². The molecular weight excluding hydrogens is 542 g/mol. The number of anilines is 2. The number of pyridine rings is 1. The van der Waals surface area contributed by atoms with E-state index in [1.165, 1.54) is 30.1 Å². The molecule has 0 atom stereocenters. The Morgan fingerprint density at radius 2 is 1.65 bits per heavy atom. The van der Waals surface area contributed by atoms with Gasteiger partial charge in [-0.05, 0) is 37.3 Å². The predicted molar refractivity (Wildman–Crippen MR) is 149 cm³/mol. The number of ether oxygens (including phenoxy) is 1. The fourth-order valence-electron chi connectivity index (χ4n) is 3.99. The Kier molecular flexibility index (Phi) is 8.06. The first-order valence-electron chi connectivity index (χ1n) is 12.2. The van der Waals surface area contributed by atoms with Crippen molar-refractivity contribution in [2.24, 2.45) is 0 Å². The third kappa shape index (κ3) is 6.37. The monoisotopic (exact) mass is 568 g/mol. The third-order valence-electron chi connectivity index (χ3n) is 5.77. The predicted octanol–water partition coefficient (Wildman–Crippen LogP) is 6.60. The molecular formula is C28H27ClF2N6O3. The lowest BCUT2D eigenvalue weighted by atomic mass is 9.90. The molecule has 3 amide bonds. The number of hydrogen-bond acceptors (Lipinski definition) is 5. The number of rotatable bonds is 6. The van der Waals surface area contributed by atoms with Crippen molar-refractivity contribution in [1.82, 2.24) is 20.1 Å². The number of carbonyl (C=O) groups is 2. The maximum absolute atomic E-state index is 14.0. The number of halogens is 3. The molecule has 0 aliphatic carbocycles. The highest BCUT2D eigenvalue weighted by Gasteiger charge is 2.26. The van der Waals surface area contributed by atoms with Crippen LogP contribution in [0.25, 0.3) is 5.69 Å². The molecule has 208 valence electrons. The molecule has 0 aliphatic heterocycles. The van der Waals surface area contributed by atoms with Crippen molar-refractivity contribution in [3.63, 3.8) is 0 Å². The molecule has 0 aliphatic rings. The maximum Gasteiger partial charge on any atom is 0.324 e. The van der Waals surface area contributed by atoms with Gasteiger partial charge in [0.05, 0.1) is 22.1 Å². The van der Waals surface area contributed by atoms with Gasteiger partial charge in [0, 0.05) is 42.4 Å². The zero-order valence-corrected chi connectivity index (χ0v) is 23.2. The fraction of sp³-hybridized carbons (Fsp3) is 0.214. The standard InChI is InChI=1S/C28H27ClF2N6O3/c1-15-24(28(2,3)4)36-37(18-11-16(30)10-17(31)12-18)25(15)35-27(39)34-22-7-6-19(13-21(22)29)40-20-8-9-33-23(14-20)26(38)32-5/h6-14H,1-5H3,(H,32,38)(H2,34,35,39). The molecule has 0 saturated carbocycles. The largest absolute Gasteiger partial charge is 0.457 e. The van der Waals surface area contributed by atoms with Crippen molar-refractivity contribution < 1.29 is 23.1 Å². The molecule has 0 saturated heterocycles. The number of nitrogens with zero attached hydrogens (tertiary/aromatic N) is 3.